The molecular formula is C21H31N5S. The first-order valence-corrected chi connectivity index (χ1v) is 11.0. The number of guanidine groups is 1. The Bertz CT molecular complexity index is 690. The van der Waals surface area contributed by atoms with Crippen LogP contribution in [0.25, 0.3) is 0 Å². The van der Waals surface area contributed by atoms with Crippen molar-refractivity contribution in [2.45, 2.75) is 45.6 Å². The van der Waals surface area contributed by atoms with Crippen molar-refractivity contribution in [2.75, 3.05) is 31.1 Å². The van der Waals surface area contributed by atoms with Crippen molar-refractivity contribution >= 4 is 23.1 Å². The summed E-state index contributed by atoms with van der Waals surface area (Å²) in [6.45, 7) is 6.75. The average Bonchev–Trinajstić information content (AvgIpc) is 3.06. The number of aromatic nitrogens is 1. The lowest BCUT2D eigenvalue weighted by atomic mass is 10.2. The van der Waals surface area contributed by atoms with Crippen molar-refractivity contribution in [2.24, 2.45) is 4.99 Å². The fourth-order valence-electron chi connectivity index (χ4n) is 3.30. The number of hydrogen-bond acceptors (Lipinski definition) is 4. The number of nitrogens with one attached hydrogen (secondary N) is 2. The van der Waals surface area contributed by atoms with Gasteiger partial charge in [-0.3, -0.25) is 0 Å². The van der Waals surface area contributed by atoms with E-state index in [0.717, 1.165) is 44.4 Å². The summed E-state index contributed by atoms with van der Waals surface area (Å²) < 4.78 is 0. The molecule has 0 spiro atoms. The SMILES string of the molecule is CCNC(=NCc1ccnc(N2CCCCCC2)c1)NCCc1cccs1. The van der Waals surface area contributed by atoms with Crippen LogP contribution in [0, 0.1) is 0 Å². The van der Waals surface area contributed by atoms with Gasteiger partial charge in [0.2, 0.25) is 0 Å². The predicted octanol–water partition coefficient (Wildman–Crippen LogP) is 3.82. The lowest BCUT2D eigenvalue weighted by molar-refractivity contribution is 0.726. The molecule has 0 aliphatic carbocycles. The van der Waals surface area contributed by atoms with Crippen molar-refractivity contribution in [1.82, 2.24) is 15.6 Å². The van der Waals surface area contributed by atoms with E-state index in [4.69, 9.17) is 4.99 Å². The molecule has 0 amide bonds. The molecule has 1 aliphatic heterocycles. The maximum Gasteiger partial charge on any atom is 0.191 e. The van der Waals surface area contributed by atoms with Crippen molar-refractivity contribution < 1.29 is 0 Å². The van der Waals surface area contributed by atoms with E-state index in [1.54, 1.807) is 11.3 Å². The fraction of sp³-hybridized carbons (Fsp3) is 0.524. The summed E-state index contributed by atoms with van der Waals surface area (Å²) in [6.07, 6.45) is 8.15. The lowest BCUT2D eigenvalue weighted by Gasteiger charge is -2.21. The molecule has 2 aromatic heterocycles. The van der Waals surface area contributed by atoms with Gasteiger partial charge in [-0.25, -0.2) is 9.98 Å². The molecule has 0 radical (unpaired) electrons. The van der Waals surface area contributed by atoms with Gasteiger partial charge in [0.15, 0.2) is 5.96 Å². The number of aliphatic imine (C=N–C) groups is 1. The molecule has 0 saturated carbocycles. The van der Waals surface area contributed by atoms with Gasteiger partial charge in [-0.05, 0) is 55.3 Å². The Morgan fingerprint density at radius 1 is 1.19 bits per heavy atom. The van der Waals surface area contributed by atoms with E-state index < -0.39 is 0 Å². The second-order valence-electron chi connectivity index (χ2n) is 6.87. The van der Waals surface area contributed by atoms with Gasteiger partial charge in [0.05, 0.1) is 6.54 Å². The lowest BCUT2D eigenvalue weighted by Crippen LogP contribution is -2.38. The molecule has 0 atom stereocenters. The summed E-state index contributed by atoms with van der Waals surface area (Å²) in [7, 11) is 0. The normalized spacial score (nSPS) is 15.4. The van der Waals surface area contributed by atoms with Crippen LogP contribution in [0.3, 0.4) is 0 Å². The largest absolute Gasteiger partial charge is 0.357 e. The molecule has 6 heteroatoms. The maximum absolute atomic E-state index is 4.76. The quantitative estimate of drug-likeness (QED) is 0.562. The van der Waals surface area contributed by atoms with E-state index in [1.165, 1.54) is 36.1 Å². The van der Waals surface area contributed by atoms with Gasteiger partial charge in [0, 0.05) is 37.3 Å². The standard InChI is InChI=1S/C21H31N5S/c1-2-22-21(24-12-10-19-8-7-15-27-19)25-17-18-9-11-23-20(16-18)26-13-5-3-4-6-14-26/h7-9,11,15-16H,2-6,10,12-14,17H2,1H3,(H2,22,24,25). The zero-order chi connectivity index (χ0) is 18.7. The predicted molar refractivity (Wildman–Crippen MR) is 116 cm³/mol. The van der Waals surface area contributed by atoms with Gasteiger partial charge < -0.3 is 15.5 Å². The molecule has 146 valence electrons. The number of rotatable bonds is 7. The Balaban J connectivity index is 1.56. The first-order chi connectivity index (χ1) is 13.3. The third-order valence-electron chi connectivity index (χ3n) is 4.75. The minimum absolute atomic E-state index is 0.664. The van der Waals surface area contributed by atoms with Gasteiger partial charge in [0.25, 0.3) is 0 Å². The van der Waals surface area contributed by atoms with Crippen molar-refractivity contribution in [3.05, 3.63) is 46.3 Å². The molecule has 0 bridgehead atoms. The van der Waals surface area contributed by atoms with Crippen LogP contribution in [0.4, 0.5) is 5.82 Å². The van der Waals surface area contributed by atoms with Crippen LogP contribution < -0.4 is 15.5 Å². The molecule has 0 unspecified atom stereocenters. The first kappa shape index (κ1) is 19.7. The third-order valence-corrected chi connectivity index (χ3v) is 5.68. The molecule has 5 nitrogen and oxygen atoms in total. The summed E-state index contributed by atoms with van der Waals surface area (Å²) in [5, 5.41) is 8.90. The van der Waals surface area contributed by atoms with Gasteiger partial charge >= 0.3 is 0 Å². The van der Waals surface area contributed by atoms with E-state index in [9.17, 15) is 0 Å². The zero-order valence-electron chi connectivity index (χ0n) is 16.3. The molecule has 2 N–H and O–H groups in total. The topological polar surface area (TPSA) is 52.6 Å². The summed E-state index contributed by atoms with van der Waals surface area (Å²) in [6, 6.07) is 8.55. The van der Waals surface area contributed by atoms with Crippen molar-refractivity contribution in [3.63, 3.8) is 0 Å². The van der Waals surface area contributed by atoms with Crippen LogP contribution in [0.2, 0.25) is 0 Å². The molecule has 27 heavy (non-hydrogen) atoms. The Kier molecular flexibility index (Phi) is 7.96. The minimum Gasteiger partial charge on any atom is -0.357 e. The minimum atomic E-state index is 0.664. The van der Waals surface area contributed by atoms with Crippen LogP contribution in [-0.2, 0) is 13.0 Å². The highest BCUT2D eigenvalue weighted by Crippen LogP contribution is 2.18. The Hall–Kier alpha value is -2.08. The zero-order valence-corrected chi connectivity index (χ0v) is 17.1. The van der Waals surface area contributed by atoms with E-state index in [-0.39, 0.29) is 0 Å². The Labute approximate surface area is 166 Å². The van der Waals surface area contributed by atoms with E-state index >= 15 is 0 Å². The second kappa shape index (κ2) is 10.9. The second-order valence-corrected chi connectivity index (χ2v) is 7.91. The molecule has 0 aromatic carbocycles. The van der Waals surface area contributed by atoms with Crippen LogP contribution in [0.1, 0.15) is 43.0 Å². The molecule has 1 fully saturated rings. The van der Waals surface area contributed by atoms with Gasteiger partial charge in [-0.15, -0.1) is 11.3 Å². The first-order valence-electron chi connectivity index (χ1n) is 10.1. The molecule has 2 aromatic rings. The van der Waals surface area contributed by atoms with E-state index in [1.807, 2.05) is 6.20 Å². The summed E-state index contributed by atoms with van der Waals surface area (Å²) >= 11 is 1.80. The van der Waals surface area contributed by atoms with Crippen LogP contribution >= 0.6 is 11.3 Å². The molecule has 1 saturated heterocycles. The highest BCUT2D eigenvalue weighted by atomic mass is 32.1. The Morgan fingerprint density at radius 2 is 2.04 bits per heavy atom. The molecule has 1 aliphatic rings. The average molecular weight is 386 g/mol. The van der Waals surface area contributed by atoms with Crippen LogP contribution in [0.5, 0.6) is 0 Å². The number of anilines is 1. The van der Waals surface area contributed by atoms with Gasteiger partial charge in [0.1, 0.15) is 5.82 Å². The van der Waals surface area contributed by atoms with Crippen molar-refractivity contribution in [3.8, 4) is 0 Å². The van der Waals surface area contributed by atoms with Gasteiger partial charge in [-0.1, -0.05) is 18.9 Å². The van der Waals surface area contributed by atoms with Crippen molar-refractivity contribution in [1.29, 1.82) is 0 Å². The Morgan fingerprint density at radius 3 is 2.78 bits per heavy atom. The summed E-state index contributed by atoms with van der Waals surface area (Å²) in [5.74, 6) is 1.97. The number of pyridine rings is 1. The highest BCUT2D eigenvalue weighted by molar-refractivity contribution is 7.09. The van der Waals surface area contributed by atoms with Crippen LogP contribution in [0.15, 0.2) is 40.8 Å². The van der Waals surface area contributed by atoms with E-state index in [2.05, 4.69) is 57.1 Å². The highest BCUT2D eigenvalue weighted by Gasteiger charge is 2.11. The number of hydrogen-bond donors (Lipinski definition) is 2. The molecule has 3 rings (SSSR count). The smallest absolute Gasteiger partial charge is 0.191 e. The van der Waals surface area contributed by atoms with E-state index in [0.29, 0.717) is 6.54 Å². The number of nitrogens with zero attached hydrogens (tertiary/aromatic N) is 3. The maximum atomic E-state index is 4.76. The molecular weight excluding hydrogens is 354 g/mol. The third kappa shape index (κ3) is 6.54. The summed E-state index contributed by atoms with van der Waals surface area (Å²) in [5.41, 5.74) is 1.21. The van der Waals surface area contributed by atoms with Crippen LogP contribution in [-0.4, -0.2) is 37.1 Å². The fourth-order valence-corrected chi connectivity index (χ4v) is 4.01. The van der Waals surface area contributed by atoms with Gasteiger partial charge in [-0.2, -0.15) is 0 Å². The monoisotopic (exact) mass is 385 g/mol. The molecule has 3 heterocycles. The number of thiophene rings is 1. The summed E-state index contributed by atoms with van der Waals surface area (Å²) in [4.78, 5) is 13.2.